The fourth-order valence-electron chi connectivity index (χ4n) is 6.44. The highest BCUT2D eigenvalue weighted by Crippen LogP contribution is 2.12. The van der Waals surface area contributed by atoms with E-state index >= 15 is 0 Å². The molecule has 29 heteroatoms. The molecule has 0 radical (unpaired) electrons. The number of nitrogens with zero attached hydrogens (tertiary/aromatic N) is 2. The number of hydrogen-bond donors (Lipinski definition) is 16. The molecule has 0 aromatic rings. The van der Waals surface area contributed by atoms with Gasteiger partial charge in [0.15, 0.2) is 11.9 Å². The van der Waals surface area contributed by atoms with Crippen molar-refractivity contribution in [2.75, 3.05) is 26.2 Å². The second-order valence-corrected chi connectivity index (χ2v) is 17.2. The Morgan fingerprint density at radius 1 is 0.479 bits per heavy atom. The van der Waals surface area contributed by atoms with Crippen LogP contribution in [0.5, 0.6) is 0 Å². The number of aliphatic imine (C=N–C) groups is 2. The quantitative estimate of drug-likeness (QED) is 0.0160. The molecule has 0 fully saturated rings. The maximum absolute atomic E-state index is 13.9. The third-order valence-corrected chi connectivity index (χ3v) is 10.6. The molecular formula is C42H75N15O14. The van der Waals surface area contributed by atoms with Crippen molar-refractivity contribution in [2.24, 2.45) is 56.4 Å². The van der Waals surface area contributed by atoms with E-state index in [1.807, 2.05) is 0 Å². The lowest BCUT2D eigenvalue weighted by atomic mass is 9.98. The van der Waals surface area contributed by atoms with Gasteiger partial charge in [-0.25, -0.2) is 4.79 Å². The molecule has 0 aliphatic heterocycles. The Morgan fingerprint density at radius 3 is 1.24 bits per heavy atom. The smallest absolute Gasteiger partial charge is 0.326 e. The van der Waals surface area contributed by atoms with Crippen molar-refractivity contribution in [3.8, 4) is 0 Å². The minimum atomic E-state index is -1.69. The Labute approximate surface area is 411 Å². The zero-order chi connectivity index (χ0) is 54.5. The molecule has 0 rings (SSSR count). The number of guanidine groups is 2. The molecule has 402 valence electrons. The molecule has 0 saturated heterocycles. The van der Waals surface area contributed by atoms with Crippen LogP contribution in [0.4, 0.5) is 0 Å². The highest BCUT2D eigenvalue weighted by molar-refractivity contribution is 5.97. The monoisotopic (exact) mass is 1010 g/mol. The summed E-state index contributed by atoms with van der Waals surface area (Å²) in [5, 5.41) is 47.9. The summed E-state index contributed by atoms with van der Waals surface area (Å²) in [6.07, 6.45) is -1.94. The lowest BCUT2D eigenvalue weighted by molar-refractivity contribution is -0.144. The summed E-state index contributed by atoms with van der Waals surface area (Å²) in [5.41, 5.74) is 27.0. The largest absolute Gasteiger partial charge is 0.481 e. The van der Waals surface area contributed by atoms with Crippen molar-refractivity contribution in [1.29, 1.82) is 0 Å². The number of carbonyl (C=O) groups is 11. The van der Waals surface area contributed by atoms with Gasteiger partial charge in [-0.1, -0.05) is 48.0 Å². The number of carboxylic acids is 3. The summed E-state index contributed by atoms with van der Waals surface area (Å²) in [6.45, 7) is 8.51. The Bertz CT molecular complexity index is 1910. The molecule has 0 unspecified atom stereocenters. The summed E-state index contributed by atoms with van der Waals surface area (Å²) in [6, 6.07) is -9.98. The van der Waals surface area contributed by atoms with Crippen LogP contribution in [0.3, 0.4) is 0 Å². The van der Waals surface area contributed by atoms with E-state index in [0.717, 1.165) is 0 Å². The normalized spacial score (nSPS) is 14.3. The van der Waals surface area contributed by atoms with Gasteiger partial charge in [-0.05, 0) is 56.3 Å². The molecule has 0 spiro atoms. The Balaban J connectivity index is 6.53. The van der Waals surface area contributed by atoms with Gasteiger partial charge in [0.25, 0.3) is 0 Å². The van der Waals surface area contributed by atoms with Gasteiger partial charge in [-0.3, -0.25) is 57.9 Å². The van der Waals surface area contributed by atoms with Gasteiger partial charge in [0, 0.05) is 25.9 Å². The lowest BCUT2D eigenvalue weighted by Gasteiger charge is -2.28. The van der Waals surface area contributed by atoms with Crippen LogP contribution >= 0.6 is 0 Å². The van der Waals surface area contributed by atoms with Gasteiger partial charge in [0.1, 0.15) is 42.3 Å². The minimum Gasteiger partial charge on any atom is -0.481 e. The van der Waals surface area contributed by atoms with Crippen molar-refractivity contribution < 1.29 is 68.1 Å². The molecule has 71 heavy (non-hydrogen) atoms. The first-order chi connectivity index (χ1) is 33.1. The molecule has 8 amide bonds. The average Bonchev–Trinajstić information content (AvgIpc) is 3.28. The van der Waals surface area contributed by atoms with Crippen molar-refractivity contribution >= 4 is 77.1 Å². The predicted octanol–water partition coefficient (Wildman–Crippen LogP) is -5.27. The maximum atomic E-state index is 13.9. The number of carbonyl (C=O) groups excluding carboxylic acids is 8. The van der Waals surface area contributed by atoms with Crippen molar-refractivity contribution in [2.45, 2.75) is 142 Å². The standard InChI is InChI=1S/C42H75N15O14/c1-7-22(6)33(40(70)71)57-37(67)26(13-15-30(62)63)52-35(65)25(12-14-29(60)61)54-39(69)32(21(4)5)56-36(66)24(11-9-17-49-42(46)47)51-28(59)19-50-34(64)23(10-8-16-48-41(44)45)53-38(68)31(20(2)3)55-27(58)18-43/h20-26,31-33H,7-19,43H2,1-6H3,(H,50,64)(H,51,59)(H,52,65)(H,53,68)(H,54,69)(H,55,58)(H,56,66)(H,57,67)(H,60,61)(H,62,63)(H,70,71)(H4,44,45,48)(H4,46,47,49)/t22-,23-,24-,25-,26-,31-,32-,33-/m0/s1. The molecule has 21 N–H and O–H groups in total. The van der Waals surface area contributed by atoms with Gasteiger partial charge < -0.3 is 86.5 Å². The SMILES string of the molecule is CC[C@H](C)[C@H](NC(=O)[C@H](CCC(=O)O)NC(=O)[C@H](CCC(=O)O)NC(=O)[C@@H](NC(=O)[C@H](CCCN=C(N)N)NC(=O)CNC(=O)[C@H](CCCN=C(N)N)NC(=O)[C@@H](NC(=O)CN)C(C)C)C(C)C)C(=O)O. The van der Waals surface area contributed by atoms with Gasteiger partial charge >= 0.3 is 17.9 Å². The first-order valence-corrected chi connectivity index (χ1v) is 23.0. The van der Waals surface area contributed by atoms with E-state index in [2.05, 4.69) is 52.5 Å². The van der Waals surface area contributed by atoms with Gasteiger partial charge in [0.05, 0.1) is 13.1 Å². The van der Waals surface area contributed by atoms with E-state index in [9.17, 15) is 68.1 Å². The van der Waals surface area contributed by atoms with Gasteiger partial charge in [-0.2, -0.15) is 0 Å². The molecule has 0 bridgehead atoms. The van der Waals surface area contributed by atoms with Crippen LogP contribution in [0.2, 0.25) is 0 Å². The summed E-state index contributed by atoms with van der Waals surface area (Å²) in [4.78, 5) is 150. The molecule has 8 atom stereocenters. The Hall–Kier alpha value is -7.33. The van der Waals surface area contributed by atoms with E-state index < -0.39 is 164 Å². The molecule has 29 nitrogen and oxygen atoms in total. The number of carboxylic acid groups (broad SMARTS) is 3. The maximum Gasteiger partial charge on any atom is 0.326 e. The number of aliphatic carboxylic acids is 3. The van der Waals surface area contributed by atoms with Crippen molar-refractivity contribution in [3.05, 3.63) is 0 Å². The zero-order valence-corrected chi connectivity index (χ0v) is 41.1. The number of nitrogens with one attached hydrogen (secondary N) is 8. The summed E-state index contributed by atoms with van der Waals surface area (Å²) in [7, 11) is 0. The lowest BCUT2D eigenvalue weighted by Crippen LogP contribution is -2.60. The molecule has 0 saturated carbocycles. The van der Waals surface area contributed by atoms with Gasteiger partial charge in [-0.15, -0.1) is 0 Å². The second kappa shape index (κ2) is 33.2. The zero-order valence-electron chi connectivity index (χ0n) is 41.1. The molecule has 0 aromatic carbocycles. The first kappa shape index (κ1) is 63.7. The highest BCUT2D eigenvalue weighted by Gasteiger charge is 2.35. The third kappa shape index (κ3) is 26.3. The minimum absolute atomic E-state index is 0.00239. The Kier molecular flexibility index (Phi) is 29.8. The van der Waals surface area contributed by atoms with Crippen LogP contribution in [0.25, 0.3) is 0 Å². The molecule has 0 aliphatic carbocycles. The fraction of sp³-hybridized carbons (Fsp3) is 0.690. The van der Waals surface area contributed by atoms with Crippen LogP contribution in [0.15, 0.2) is 9.98 Å². The Morgan fingerprint density at radius 2 is 0.859 bits per heavy atom. The number of hydrogen-bond acceptors (Lipinski definition) is 14. The third-order valence-electron chi connectivity index (χ3n) is 10.6. The van der Waals surface area contributed by atoms with Crippen LogP contribution in [-0.4, -0.2) is 161 Å². The second-order valence-electron chi connectivity index (χ2n) is 17.2. The van der Waals surface area contributed by atoms with Gasteiger partial charge in [0.2, 0.25) is 47.3 Å². The molecule has 0 aromatic heterocycles. The summed E-state index contributed by atoms with van der Waals surface area (Å²) >= 11 is 0. The highest BCUT2D eigenvalue weighted by atomic mass is 16.4. The molecule has 0 aliphatic rings. The molecule has 0 heterocycles. The van der Waals surface area contributed by atoms with Crippen LogP contribution in [0.1, 0.15) is 99.3 Å². The fourth-order valence-corrected chi connectivity index (χ4v) is 6.44. The van der Waals surface area contributed by atoms with Crippen molar-refractivity contribution in [3.63, 3.8) is 0 Å². The van der Waals surface area contributed by atoms with E-state index in [-0.39, 0.29) is 50.7 Å². The van der Waals surface area contributed by atoms with Crippen LogP contribution < -0.4 is 71.2 Å². The number of amides is 8. The molecular weight excluding hydrogens is 939 g/mol. The number of rotatable bonds is 35. The number of nitrogens with two attached hydrogens (primary N) is 5. The van der Waals surface area contributed by atoms with Crippen molar-refractivity contribution in [1.82, 2.24) is 42.5 Å². The topological polar surface area (TPSA) is 500 Å². The van der Waals surface area contributed by atoms with E-state index in [0.29, 0.717) is 6.42 Å². The summed E-state index contributed by atoms with van der Waals surface area (Å²) in [5.74, 6) is -13.5. The van der Waals surface area contributed by atoms with Crippen LogP contribution in [-0.2, 0) is 52.7 Å². The first-order valence-electron chi connectivity index (χ1n) is 23.0. The van der Waals surface area contributed by atoms with Crippen LogP contribution in [0, 0.1) is 17.8 Å². The summed E-state index contributed by atoms with van der Waals surface area (Å²) < 4.78 is 0. The average molecular weight is 1010 g/mol. The predicted molar refractivity (Wildman–Crippen MR) is 256 cm³/mol. The van der Waals surface area contributed by atoms with E-state index in [1.165, 1.54) is 13.8 Å². The van der Waals surface area contributed by atoms with E-state index in [4.69, 9.17) is 28.7 Å². The van der Waals surface area contributed by atoms with E-state index in [1.54, 1.807) is 27.7 Å².